The van der Waals surface area contributed by atoms with Crippen molar-refractivity contribution in [2.24, 2.45) is 0 Å². The maximum atomic E-state index is 5.95. The topological polar surface area (TPSA) is 60.2 Å². The van der Waals surface area contributed by atoms with Crippen molar-refractivity contribution in [2.45, 2.75) is 25.6 Å². The average Bonchev–Trinajstić information content (AvgIpc) is 2.82. The van der Waals surface area contributed by atoms with Gasteiger partial charge in [-0.15, -0.1) is 0 Å². The first-order chi connectivity index (χ1) is 9.63. The zero-order valence-corrected chi connectivity index (χ0v) is 12.0. The smallest absolute Gasteiger partial charge is 0.252 e. The summed E-state index contributed by atoms with van der Waals surface area (Å²) in [5.41, 5.74) is 0.947. The van der Waals surface area contributed by atoms with Crippen molar-refractivity contribution in [1.29, 1.82) is 0 Å². The Hall–Kier alpha value is -1.43. The van der Waals surface area contributed by atoms with Crippen molar-refractivity contribution in [3.8, 4) is 0 Å². The third-order valence-electron chi connectivity index (χ3n) is 3.30. The molecule has 5 nitrogen and oxygen atoms in total. The van der Waals surface area contributed by atoms with Crippen LogP contribution in [0.2, 0.25) is 5.02 Å². The van der Waals surface area contributed by atoms with E-state index in [1.165, 1.54) is 0 Å². The average molecular weight is 294 g/mol. The van der Waals surface area contributed by atoms with Gasteiger partial charge in [0.15, 0.2) is 5.82 Å². The Kier molecular flexibility index (Phi) is 3.74. The van der Waals surface area contributed by atoms with Gasteiger partial charge >= 0.3 is 0 Å². The summed E-state index contributed by atoms with van der Waals surface area (Å²) in [5.74, 6) is 1.15. The van der Waals surface area contributed by atoms with Crippen LogP contribution in [-0.2, 0) is 17.8 Å². The Morgan fingerprint density at radius 1 is 1.45 bits per heavy atom. The SMILES string of the molecule is CC1(OCc2nc(Cc3cccc(Cl)c3)no2)CNC1. The molecule has 1 aromatic carbocycles. The van der Waals surface area contributed by atoms with Gasteiger partial charge in [0.1, 0.15) is 6.61 Å². The van der Waals surface area contributed by atoms with Crippen molar-refractivity contribution in [3.05, 3.63) is 46.6 Å². The molecule has 1 aromatic heterocycles. The number of benzene rings is 1. The van der Waals surface area contributed by atoms with Crippen LogP contribution >= 0.6 is 11.6 Å². The first kappa shape index (κ1) is 13.5. The quantitative estimate of drug-likeness (QED) is 0.916. The second kappa shape index (κ2) is 5.52. The lowest BCUT2D eigenvalue weighted by molar-refractivity contribution is -0.0841. The third kappa shape index (κ3) is 3.17. The minimum Gasteiger partial charge on any atom is -0.363 e. The molecule has 2 aromatic rings. The van der Waals surface area contributed by atoms with Crippen LogP contribution in [0.25, 0.3) is 0 Å². The van der Waals surface area contributed by atoms with Gasteiger partial charge in [-0.05, 0) is 24.6 Å². The molecule has 2 heterocycles. The predicted octanol–water partition coefficient (Wildman–Crippen LogP) is 2.19. The molecule has 3 rings (SSSR count). The summed E-state index contributed by atoms with van der Waals surface area (Å²) in [6.45, 7) is 4.13. The first-order valence-corrected chi connectivity index (χ1v) is 6.91. The van der Waals surface area contributed by atoms with E-state index in [1.54, 1.807) is 0 Å². The van der Waals surface area contributed by atoms with Gasteiger partial charge in [0.25, 0.3) is 5.89 Å². The second-order valence-electron chi connectivity index (χ2n) is 5.25. The molecule has 0 amide bonds. The Balaban J connectivity index is 1.59. The predicted molar refractivity (Wildman–Crippen MR) is 74.6 cm³/mol. The molecule has 1 N–H and O–H groups in total. The van der Waals surface area contributed by atoms with Gasteiger partial charge in [0.05, 0.1) is 5.60 Å². The second-order valence-corrected chi connectivity index (χ2v) is 5.69. The number of ether oxygens (including phenoxy) is 1. The molecule has 0 bridgehead atoms. The molecule has 1 saturated heterocycles. The summed E-state index contributed by atoms with van der Waals surface area (Å²) in [6, 6.07) is 7.63. The lowest BCUT2D eigenvalue weighted by atomic mass is 10.0. The van der Waals surface area contributed by atoms with Crippen molar-refractivity contribution >= 4 is 11.6 Å². The molecule has 20 heavy (non-hydrogen) atoms. The maximum absolute atomic E-state index is 5.95. The monoisotopic (exact) mass is 293 g/mol. The van der Waals surface area contributed by atoms with Crippen LogP contribution in [0.3, 0.4) is 0 Å². The van der Waals surface area contributed by atoms with E-state index in [0.717, 1.165) is 18.7 Å². The van der Waals surface area contributed by atoms with Crippen molar-refractivity contribution in [2.75, 3.05) is 13.1 Å². The molecule has 0 radical (unpaired) electrons. The molecule has 0 saturated carbocycles. The number of halogens is 1. The maximum Gasteiger partial charge on any atom is 0.252 e. The summed E-state index contributed by atoms with van der Waals surface area (Å²) in [4.78, 5) is 4.33. The molecule has 1 aliphatic heterocycles. The molecule has 106 valence electrons. The summed E-state index contributed by atoms with van der Waals surface area (Å²) in [6.07, 6.45) is 0.600. The van der Waals surface area contributed by atoms with Gasteiger partial charge in [-0.2, -0.15) is 4.98 Å². The number of nitrogens with zero attached hydrogens (tertiary/aromatic N) is 2. The van der Waals surface area contributed by atoms with Gasteiger partial charge in [-0.25, -0.2) is 0 Å². The molecule has 0 spiro atoms. The summed E-state index contributed by atoms with van der Waals surface area (Å²) >= 11 is 5.95. The Morgan fingerprint density at radius 3 is 3.00 bits per heavy atom. The van der Waals surface area contributed by atoms with Crippen molar-refractivity contribution < 1.29 is 9.26 Å². The molecule has 0 aliphatic carbocycles. The summed E-state index contributed by atoms with van der Waals surface area (Å²) in [7, 11) is 0. The van der Waals surface area contributed by atoms with E-state index >= 15 is 0 Å². The fourth-order valence-corrected chi connectivity index (χ4v) is 2.28. The van der Waals surface area contributed by atoms with E-state index in [2.05, 4.69) is 22.4 Å². The molecule has 6 heteroatoms. The minimum absolute atomic E-state index is 0.110. The molecule has 1 fully saturated rings. The molecule has 1 aliphatic rings. The van der Waals surface area contributed by atoms with E-state index in [9.17, 15) is 0 Å². The van der Waals surface area contributed by atoms with Gasteiger partial charge in [0.2, 0.25) is 0 Å². The fourth-order valence-electron chi connectivity index (χ4n) is 2.07. The third-order valence-corrected chi connectivity index (χ3v) is 3.54. The summed E-state index contributed by atoms with van der Waals surface area (Å²) < 4.78 is 10.9. The highest BCUT2D eigenvalue weighted by Gasteiger charge is 2.32. The van der Waals surface area contributed by atoms with Crippen LogP contribution in [0.1, 0.15) is 24.2 Å². The van der Waals surface area contributed by atoms with Gasteiger partial charge in [0, 0.05) is 24.5 Å². The van der Waals surface area contributed by atoms with E-state index in [4.69, 9.17) is 20.9 Å². The zero-order valence-electron chi connectivity index (χ0n) is 11.2. The van der Waals surface area contributed by atoms with Crippen molar-refractivity contribution in [3.63, 3.8) is 0 Å². The van der Waals surface area contributed by atoms with E-state index in [1.807, 2.05) is 24.3 Å². The number of aromatic nitrogens is 2. The highest BCUT2D eigenvalue weighted by molar-refractivity contribution is 6.30. The number of hydrogen-bond acceptors (Lipinski definition) is 5. The Morgan fingerprint density at radius 2 is 2.30 bits per heavy atom. The molecular formula is C14H16ClN3O2. The Bertz CT molecular complexity index is 596. The molecular weight excluding hydrogens is 278 g/mol. The van der Waals surface area contributed by atoms with Crippen LogP contribution in [-0.4, -0.2) is 28.8 Å². The standard InChI is InChI=1S/C14H16ClN3O2/c1-14(8-16-9-14)19-7-13-17-12(18-20-13)6-10-3-2-4-11(15)5-10/h2-5,16H,6-9H2,1H3. The van der Waals surface area contributed by atoms with Crippen LogP contribution in [0.5, 0.6) is 0 Å². The number of nitrogens with one attached hydrogen (secondary N) is 1. The fraction of sp³-hybridized carbons (Fsp3) is 0.429. The lowest BCUT2D eigenvalue weighted by Crippen LogP contribution is -2.58. The van der Waals surface area contributed by atoms with Crippen molar-refractivity contribution in [1.82, 2.24) is 15.5 Å². The highest BCUT2D eigenvalue weighted by atomic mass is 35.5. The van der Waals surface area contributed by atoms with E-state index in [0.29, 0.717) is 29.8 Å². The van der Waals surface area contributed by atoms with Crippen LogP contribution < -0.4 is 5.32 Å². The van der Waals surface area contributed by atoms with Crippen LogP contribution in [0, 0.1) is 0 Å². The van der Waals surface area contributed by atoms with Crippen LogP contribution in [0.4, 0.5) is 0 Å². The Labute approximate surface area is 122 Å². The number of hydrogen-bond donors (Lipinski definition) is 1. The minimum atomic E-state index is -0.110. The normalized spacial score (nSPS) is 16.9. The first-order valence-electron chi connectivity index (χ1n) is 6.54. The number of rotatable bonds is 5. The highest BCUT2D eigenvalue weighted by Crippen LogP contribution is 2.18. The molecule has 0 atom stereocenters. The van der Waals surface area contributed by atoms with E-state index < -0.39 is 0 Å². The molecule has 0 unspecified atom stereocenters. The lowest BCUT2D eigenvalue weighted by Gasteiger charge is -2.38. The van der Waals surface area contributed by atoms with E-state index in [-0.39, 0.29) is 5.60 Å². The summed E-state index contributed by atoms with van der Waals surface area (Å²) in [5, 5.41) is 7.85. The van der Waals surface area contributed by atoms with Gasteiger partial charge < -0.3 is 14.6 Å². The van der Waals surface area contributed by atoms with Gasteiger partial charge in [-0.1, -0.05) is 28.9 Å². The van der Waals surface area contributed by atoms with Crippen LogP contribution in [0.15, 0.2) is 28.8 Å². The largest absolute Gasteiger partial charge is 0.363 e. The van der Waals surface area contributed by atoms with Gasteiger partial charge in [-0.3, -0.25) is 0 Å². The zero-order chi connectivity index (χ0) is 14.0.